The predicted octanol–water partition coefficient (Wildman–Crippen LogP) is 5.65. The number of aryl methyl sites for hydroxylation is 1. The van der Waals surface area contributed by atoms with E-state index < -0.39 is 15.9 Å². The fourth-order valence-corrected chi connectivity index (χ4v) is 5.14. The summed E-state index contributed by atoms with van der Waals surface area (Å²) in [6.45, 7) is 2.00. The van der Waals surface area contributed by atoms with Gasteiger partial charge in [-0.25, -0.2) is 8.42 Å². The zero-order valence-corrected chi connectivity index (χ0v) is 19.8. The van der Waals surface area contributed by atoms with Crippen molar-refractivity contribution >= 4 is 38.7 Å². The van der Waals surface area contributed by atoms with E-state index in [1.54, 1.807) is 36.4 Å². The zero-order chi connectivity index (χ0) is 24.4. The number of benzene rings is 4. The molecule has 0 spiro atoms. The second-order valence-corrected chi connectivity index (χ2v) is 10.0. The molecule has 35 heavy (non-hydrogen) atoms. The Bertz CT molecular complexity index is 1520. The summed E-state index contributed by atoms with van der Waals surface area (Å²) in [4.78, 5) is 18.2. The largest absolute Gasteiger partial charge is 0.325 e. The Hall–Kier alpha value is -4.23. The molecule has 1 aliphatic heterocycles. The van der Waals surface area contributed by atoms with Gasteiger partial charge in [-0.05, 0) is 60.5 Å². The third-order valence-corrected chi connectivity index (χ3v) is 7.21. The van der Waals surface area contributed by atoms with Crippen molar-refractivity contribution in [3.05, 3.63) is 120 Å². The summed E-state index contributed by atoms with van der Waals surface area (Å²) in [6, 6.07) is 30.5. The molecule has 7 heteroatoms. The number of nitrogens with one attached hydrogen (secondary N) is 2. The Morgan fingerprint density at radius 1 is 0.857 bits per heavy atom. The molecule has 4 aromatic rings. The normalized spacial score (nSPS) is 15.4. The average Bonchev–Trinajstić information content (AvgIpc) is 3.19. The molecule has 1 atom stereocenters. The molecular weight excluding hydrogens is 458 g/mol. The van der Waals surface area contributed by atoms with E-state index in [1.165, 1.54) is 12.1 Å². The molecule has 174 valence electrons. The summed E-state index contributed by atoms with van der Waals surface area (Å²) in [5.74, 6) is -0.910. The topological polar surface area (TPSA) is 87.6 Å². The van der Waals surface area contributed by atoms with Crippen molar-refractivity contribution in [2.45, 2.75) is 17.7 Å². The summed E-state index contributed by atoms with van der Waals surface area (Å²) in [5.41, 5.74) is 4.93. The van der Waals surface area contributed by atoms with E-state index in [2.05, 4.69) is 10.0 Å². The Morgan fingerprint density at radius 3 is 2.20 bits per heavy atom. The van der Waals surface area contributed by atoms with Gasteiger partial charge in [0, 0.05) is 11.4 Å². The van der Waals surface area contributed by atoms with Crippen molar-refractivity contribution in [2.75, 3.05) is 10.0 Å². The summed E-state index contributed by atoms with van der Waals surface area (Å²) >= 11 is 0. The molecule has 2 N–H and O–H groups in total. The van der Waals surface area contributed by atoms with Crippen LogP contribution in [0.1, 0.15) is 22.6 Å². The van der Waals surface area contributed by atoms with Crippen LogP contribution in [0.2, 0.25) is 0 Å². The molecule has 1 unspecified atom stereocenters. The van der Waals surface area contributed by atoms with Crippen LogP contribution in [0.5, 0.6) is 0 Å². The number of amides is 1. The molecule has 1 heterocycles. The number of fused-ring (bicyclic) bond motifs is 1. The van der Waals surface area contributed by atoms with Crippen LogP contribution in [0.15, 0.2) is 113 Å². The molecule has 0 aliphatic carbocycles. The van der Waals surface area contributed by atoms with Gasteiger partial charge < -0.3 is 5.32 Å². The Labute approximate surface area is 204 Å². The highest BCUT2D eigenvalue weighted by atomic mass is 32.2. The molecule has 4 aromatic carbocycles. The maximum Gasteiger partial charge on any atom is 0.261 e. The quantitative estimate of drug-likeness (QED) is 0.349. The maximum atomic E-state index is 13.2. The first-order valence-electron chi connectivity index (χ1n) is 11.1. The number of aliphatic imine (C=N–C) groups is 1. The Balaban J connectivity index is 1.57. The number of anilines is 2. The van der Waals surface area contributed by atoms with Crippen LogP contribution < -0.4 is 10.0 Å². The highest BCUT2D eigenvalue weighted by molar-refractivity contribution is 7.92. The van der Waals surface area contributed by atoms with Crippen molar-refractivity contribution in [1.29, 1.82) is 0 Å². The maximum absolute atomic E-state index is 13.2. The fraction of sp³-hybridized carbons (Fsp3) is 0.0714. The number of nitrogens with zero attached hydrogens (tertiary/aromatic N) is 1. The van der Waals surface area contributed by atoms with Crippen LogP contribution in [-0.4, -0.2) is 20.0 Å². The average molecular weight is 482 g/mol. The second kappa shape index (κ2) is 9.19. The standard InChI is InChI=1S/C28H23N3O3S/c1-19-12-14-21(15-13-19)29-27(20-8-4-2-5-9-20)26-24-18-22(16-17-25(24)30-28(26)32)31-35(33,34)23-10-6-3-7-11-23/h2-18,26,31H,1H3,(H,30,32). The van der Waals surface area contributed by atoms with E-state index >= 15 is 0 Å². The molecule has 0 aromatic heterocycles. The van der Waals surface area contributed by atoms with Crippen LogP contribution >= 0.6 is 0 Å². The van der Waals surface area contributed by atoms with Gasteiger partial charge in [-0.2, -0.15) is 0 Å². The van der Waals surface area contributed by atoms with Gasteiger partial charge in [-0.3, -0.25) is 14.5 Å². The smallest absolute Gasteiger partial charge is 0.261 e. The Kier molecular flexibility index (Phi) is 5.93. The van der Waals surface area contributed by atoms with Gasteiger partial charge in [0.25, 0.3) is 10.0 Å². The minimum Gasteiger partial charge on any atom is -0.325 e. The number of rotatable bonds is 6. The van der Waals surface area contributed by atoms with E-state index in [-0.39, 0.29) is 10.8 Å². The molecule has 0 bridgehead atoms. The number of hydrogen-bond acceptors (Lipinski definition) is 4. The third kappa shape index (κ3) is 4.72. The van der Waals surface area contributed by atoms with Gasteiger partial charge in [-0.15, -0.1) is 0 Å². The van der Waals surface area contributed by atoms with Crippen molar-refractivity contribution in [3.63, 3.8) is 0 Å². The molecular formula is C28H23N3O3S. The number of carbonyl (C=O) groups is 1. The number of sulfonamides is 1. The van der Waals surface area contributed by atoms with Gasteiger partial charge in [0.05, 0.1) is 16.3 Å². The van der Waals surface area contributed by atoms with E-state index in [9.17, 15) is 13.2 Å². The van der Waals surface area contributed by atoms with Crippen LogP contribution in [0.25, 0.3) is 0 Å². The lowest BCUT2D eigenvalue weighted by molar-refractivity contribution is -0.115. The number of hydrogen-bond donors (Lipinski definition) is 2. The third-order valence-electron chi connectivity index (χ3n) is 5.81. The first-order chi connectivity index (χ1) is 16.9. The van der Waals surface area contributed by atoms with Gasteiger partial charge in [0.1, 0.15) is 5.92 Å². The van der Waals surface area contributed by atoms with E-state index in [4.69, 9.17) is 4.99 Å². The summed E-state index contributed by atoms with van der Waals surface area (Å²) in [7, 11) is -3.77. The van der Waals surface area contributed by atoms with Gasteiger partial charge >= 0.3 is 0 Å². The molecule has 0 saturated heterocycles. The molecule has 1 amide bonds. The second-order valence-electron chi connectivity index (χ2n) is 8.34. The molecule has 0 fully saturated rings. The summed E-state index contributed by atoms with van der Waals surface area (Å²) in [6.07, 6.45) is 0. The molecule has 5 rings (SSSR count). The van der Waals surface area contributed by atoms with Crippen LogP contribution in [-0.2, 0) is 14.8 Å². The van der Waals surface area contributed by atoms with Gasteiger partial charge in [0.15, 0.2) is 0 Å². The van der Waals surface area contributed by atoms with Crippen LogP contribution in [0.3, 0.4) is 0 Å². The summed E-state index contributed by atoms with van der Waals surface area (Å²) in [5, 5.41) is 2.92. The van der Waals surface area contributed by atoms with Crippen molar-refractivity contribution in [3.8, 4) is 0 Å². The lowest BCUT2D eigenvalue weighted by atomic mass is 9.90. The molecule has 1 aliphatic rings. The zero-order valence-electron chi connectivity index (χ0n) is 19.0. The first kappa shape index (κ1) is 22.6. The summed E-state index contributed by atoms with van der Waals surface area (Å²) < 4.78 is 28.3. The van der Waals surface area contributed by atoms with E-state index in [0.29, 0.717) is 22.6 Å². The highest BCUT2D eigenvalue weighted by Gasteiger charge is 2.36. The van der Waals surface area contributed by atoms with Crippen molar-refractivity contribution in [2.24, 2.45) is 4.99 Å². The van der Waals surface area contributed by atoms with E-state index in [0.717, 1.165) is 16.8 Å². The monoisotopic (exact) mass is 481 g/mol. The highest BCUT2D eigenvalue weighted by Crippen LogP contribution is 2.38. The van der Waals surface area contributed by atoms with Gasteiger partial charge in [0.2, 0.25) is 5.91 Å². The van der Waals surface area contributed by atoms with Crippen molar-refractivity contribution < 1.29 is 13.2 Å². The first-order valence-corrected chi connectivity index (χ1v) is 12.6. The Morgan fingerprint density at radius 2 is 1.51 bits per heavy atom. The van der Waals surface area contributed by atoms with E-state index in [1.807, 2.05) is 61.5 Å². The molecule has 0 radical (unpaired) electrons. The number of carbonyl (C=O) groups excluding carboxylic acids is 1. The minimum absolute atomic E-state index is 0.164. The lowest BCUT2D eigenvalue weighted by Crippen LogP contribution is -2.22. The molecule has 6 nitrogen and oxygen atoms in total. The SMILES string of the molecule is Cc1ccc(N=C(c2ccccc2)C2C(=O)Nc3ccc(NS(=O)(=O)c4ccccc4)cc32)cc1. The van der Waals surface area contributed by atoms with Crippen LogP contribution in [0, 0.1) is 6.92 Å². The minimum atomic E-state index is -3.77. The van der Waals surface area contributed by atoms with Crippen LogP contribution in [0.4, 0.5) is 17.1 Å². The van der Waals surface area contributed by atoms with Gasteiger partial charge in [-0.1, -0.05) is 66.2 Å². The lowest BCUT2D eigenvalue weighted by Gasteiger charge is -2.15. The fourth-order valence-electron chi connectivity index (χ4n) is 4.07. The molecule has 0 saturated carbocycles. The van der Waals surface area contributed by atoms with Crippen molar-refractivity contribution in [1.82, 2.24) is 0 Å². The predicted molar refractivity (Wildman–Crippen MR) is 139 cm³/mol.